The zero-order valence-corrected chi connectivity index (χ0v) is 16.0. The first-order valence-corrected chi connectivity index (χ1v) is 9.07. The van der Waals surface area contributed by atoms with E-state index in [4.69, 9.17) is 0 Å². The van der Waals surface area contributed by atoms with E-state index in [2.05, 4.69) is 34.3 Å². The normalized spacial score (nSPS) is 11.8. The second-order valence-corrected chi connectivity index (χ2v) is 6.16. The molecule has 0 aliphatic heterocycles. The lowest BCUT2D eigenvalue weighted by molar-refractivity contribution is 0.303. The molecule has 0 atom stereocenters. The number of likely N-dealkylation sites (N-methyl/N-ethyl adjacent to an activating group) is 1. The molecule has 0 saturated carbocycles. The van der Waals surface area contributed by atoms with Crippen molar-refractivity contribution in [1.82, 2.24) is 19.9 Å². The molecule has 1 heterocycles. The smallest absolute Gasteiger partial charge is 0.331 e. The minimum atomic E-state index is -0.660. The Morgan fingerprint density at radius 2 is 1.89 bits per heavy atom. The zero-order valence-electron chi connectivity index (χ0n) is 16.0. The second kappa shape index (κ2) is 9.72. The number of hydrogen-bond donors (Lipinski definition) is 3. The Bertz CT molecular complexity index is 882. The Hall–Kier alpha value is -2.87. The molecule has 0 fully saturated rings. The summed E-state index contributed by atoms with van der Waals surface area (Å²) in [5, 5.41) is 14.7. The van der Waals surface area contributed by atoms with Crippen LogP contribution in [-0.2, 0) is 6.54 Å². The maximum atomic E-state index is 12.2. The molecule has 0 aliphatic carbocycles. The summed E-state index contributed by atoms with van der Waals surface area (Å²) < 4.78 is 1.13. The fourth-order valence-corrected chi connectivity index (χ4v) is 2.78. The molecule has 1 aromatic carbocycles. The molecule has 8 heteroatoms. The summed E-state index contributed by atoms with van der Waals surface area (Å²) >= 11 is 0. The highest BCUT2D eigenvalue weighted by atomic mass is 16.3. The van der Waals surface area contributed by atoms with Crippen LogP contribution in [0.4, 0.5) is 0 Å². The van der Waals surface area contributed by atoms with Gasteiger partial charge in [-0.1, -0.05) is 44.2 Å². The van der Waals surface area contributed by atoms with E-state index in [0.29, 0.717) is 12.3 Å². The molecular weight excluding hydrogens is 346 g/mol. The van der Waals surface area contributed by atoms with Gasteiger partial charge in [-0.05, 0) is 25.6 Å². The van der Waals surface area contributed by atoms with Gasteiger partial charge in [-0.3, -0.25) is 14.3 Å². The van der Waals surface area contributed by atoms with Crippen LogP contribution in [0.2, 0.25) is 0 Å². The molecular formula is C19H27N5O3. The van der Waals surface area contributed by atoms with Crippen LogP contribution >= 0.6 is 0 Å². The van der Waals surface area contributed by atoms with Crippen molar-refractivity contribution in [3.05, 3.63) is 62.3 Å². The maximum absolute atomic E-state index is 12.2. The number of aromatic nitrogens is 2. The van der Waals surface area contributed by atoms with Crippen LogP contribution in [0.3, 0.4) is 0 Å². The third kappa shape index (κ3) is 5.30. The number of nitrogens with zero attached hydrogens (tertiary/aromatic N) is 3. The van der Waals surface area contributed by atoms with E-state index in [1.807, 2.05) is 30.3 Å². The van der Waals surface area contributed by atoms with Gasteiger partial charge in [-0.15, -0.1) is 0 Å². The minimum absolute atomic E-state index is 0.0131. The quantitative estimate of drug-likeness (QED) is 0.345. The van der Waals surface area contributed by atoms with Gasteiger partial charge in [0.2, 0.25) is 5.88 Å². The van der Waals surface area contributed by atoms with E-state index in [-0.39, 0.29) is 18.0 Å². The highest BCUT2D eigenvalue weighted by molar-refractivity contribution is 6.00. The summed E-state index contributed by atoms with van der Waals surface area (Å²) in [6.07, 6.45) is 0. The minimum Gasteiger partial charge on any atom is -0.494 e. The standard InChI is InChI=1S/C19H27N5O3/c1-4-23(5-2)12-11-20-22-14(3)16-17(25)21-19(27)24(18(16)26)13-15-9-7-6-8-10-15/h6-10,20,26H,4-5,11-13H2,1-3H3,(H,21,25,27)/b22-14+. The number of aromatic amines is 1. The largest absolute Gasteiger partial charge is 0.494 e. The number of aromatic hydroxyl groups is 1. The first-order valence-electron chi connectivity index (χ1n) is 9.07. The van der Waals surface area contributed by atoms with Crippen molar-refractivity contribution in [2.75, 3.05) is 26.2 Å². The van der Waals surface area contributed by atoms with Gasteiger partial charge in [0.25, 0.3) is 5.56 Å². The van der Waals surface area contributed by atoms with Gasteiger partial charge in [-0.2, -0.15) is 5.10 Å². The summed E-state index contributed by atoms with van der Waals surface area (Å²) in [6, 6.07) is 9.23. The fraction of sp³-hybridized carbons (Fsp3) is 0.421. The van der Waals surface area contributed by atoms with Gasteiger partial charge in [0.05, 0.1) is 12.3 Å². The highest BCUT2D eigenvalue weighted by Gasteiger charge is 2.17. The molecule has 1 aromatic heterocycles. The van der Waals surface area contributed by atoms with E-state index in [1.165, 1.54) is 0 Å². The number of benzene rings is 1. The van der Waals surface area contributed by atoms with Crippen LogP contribution in [0.5, 0.6) is 5.88 Å². The monoisotopic (exact) mass is 373 g/mol. The average molecular weight is 373 g/mol. The molecule has 0 radical (unpaired) electrons. The number of hydrazone groups is 1. The fourth-order valence-electron chi connectivity index (χ4n) is 2.78. The summed E-state index contributed by atoms with van der Waals surface area (Å²) in [7, 11) is 0. The van der Waals surface area contributed by atoms with E-state index in [9.17, 15) is 14.7 Å². The van der Waals surface area contributed by atoms with Crippen LogP contribution in [0, 0.1) is 0 Å². The molecule has 0 unspecified atom stereocenters. The third-order valence-electron chi connectivity index (χ3n) is 4.40. The second-order valence-electron chi connectivity index (χ2n) is 6.16. The molecule has 2 rings (SSSR count). The predicted molar refractivity (Wildman–Crippen MR) is 107 cm³/mol. The Labute approximate surface area is 158 Å². The summed E-state index contributed by atoms with van der Waals surface area (Å²) in [5.41, 5.74) is 2.73. The number of hydrogen-bond acceptors (Lipinski definition) is 6. The molecule has 0 amide bonds. The van der Waals surface area contributed by atoms with Crippen molar-refractivity contribution in [1.29, 1.82) is 0 Å². The molecule has 27 heavy (non-hydrogen) atoms. The first kappa shape index (κ1) is 20.4. The predicted octanol–water partition coefficient (Wildman–Crippen LogP) is 0.946. The Morgan fingerprint density at radius 1 is 1.22 bits per heavy atom. The number of nitrogens with one attached hydrogen (secondary N) is 2. The van der Waals surface area contributed by atoms with Crippen LogP contribution < -0.4 is 16.7 Å². The van der Waals surface area contributed by atoms with Crippen LogP contribution in [0.15, 0.2) is 45.0 Å². The topological polar surface area (TPSA) is 103 Å². The van der Waals surface area contributed by atoms with Crippen molar-refractivity contribution in [2.24, 2.45) is 5.10 Å². The van der Waals surface area contributed by atoms with Crippen molar-refractivity contribution in [3.8, 4) is 5.88 Å². The van der Waals surface area contributed by atoms with E-state index in [0.717, 1.165) is 29.8 Å². The summed E-state index contributed by atoms with van der Waals surface area (Å²) in [5.74, 6) is -0.389. The first-order chi connectivity index (χ1) is 13.0. The molecule has 146 valence electrons. The lowest BCUT2D eigenvalue weighted by atomic mass is 10.2. The highest BCUT2D eigenvalue weighted by Crippen LogP contribution is 2.13. The maximum Gasteiger partial charge on any atom is 0.331 e. The molecule has 0 saturated heterocycles. The zero-order chi connectivity index (χ0) is 19.8. The molecule has 0 aliphatic rings. The lowest BCUT2D eigenvalue weighted by Gasteiger charge is -2.17. The summed E-state index contributed by atoms with van der Waals surface area (Å²) in [4.78, 5) is 28.8. The molecule has 8 nitrogen and oxygen atoms in total. The van der Waals surface area contributed by atoms with Gasteiger partial charge in [0, 0.05) is 13.1 Å². The van der Waals surface area contributed by atoms with Crippen molar-refractivity contribution in [3.63, 3.8) is 0 Å². The van der Waals surface area contributed by atoms with Crippen molar-refractivity contribution < 1.29 is 5.11 Å². The van der Waals surface area contributed by atoms with Crippen LogP contribution in [-0.4, -0.2) is 51.4 Å². The molecule has 0 bridgehead atoms. The van der Waals surface area contributed by atoms with Crippen LogP contribution in [0.25, 0.3) is 0 Å². The Kier molecular flexibility index (Phi) is 7.36. The Balaban J connectivity index is 2.23. The molecule has 3 N–H and O–H groups in total. The Morgan fingerprint density at radius 3 is 2.52 bits per heavy atom. The third-order valence-corrected chi connectivity index (χ3v) is 4.40. The van der Waals surface area contributed by atoms with Gasteiger partial charge in [0.15, 0.2) is 0 Å². The molecule has 0 spiro atoms. The van der Waals surface area contributed by atoms with Gasteiger partial charge in [0.1, 0.15) is 5.56 Å². The van der Waals surface area contributed by atoms with E-state index in [1.54, 1.807) is 6.92 Å². The number of H-pyrrole nitrogens is 1. The number of rotatable bonds is 9. The van der Waals surface area contributed by atoms with Gasteiger partial charge >= 0.3 is 5.69 Å². The van der Waals surface area contributed by atoms with Crippen molar-refractivity contribution in [2.45, 2.75) is 27.3 Å². The molecule has 2 aromatic rings. The van der Waals surface area contributed by atoms with Crippen LogP contribution in [0.1, 0.15) is 31.9 Å². The summed E-state index contributed by atoms with van der Waals surface area (Å²) in [6.45, 7) is 9.28. The van der Waals surface area contributed by atoms with E-state index < -0.39 is 11.2 Å². The van der Waals surface area contributed by atoms with E-state index >= 15 is 0 Å². The average Bonchev–Trinajstić information content (AvgIpc) is 2.66. The lowest BCUT2D eigenvalue weighted by Crippen LogP contribution is -2.34. The SMILES string of the molecule is CCN(CC)CCN/N=C(\C)c1c(O)n(Cc2ccccc2)c(=O)[nH]c1=O. The van der Waals surface area contributed by atoms with Gasteiger partial charge < -0.3 is 15.4 Å². The van der Waals surface area contributed by atoms with Gasteiger partial charge in [-0.25, -0.2) is 4.79 Å². The van der Waals surface area contributed by atoms with Crippen molar-refractivity contribution >= 4 is 5.71 Å².